The van der Waals surface area contributed by atoms with Crippen LogP contribution in [0.3, 0.4) is 0 Å². The van der Waals surface area contributed by atoms with E-state index in [-0.39, 0.29) is 41.7 Å². The number of aromatic nitrogens is 2. The number of fused-ring (bicyclic) bond motifs is 1. The second-order valence-electron chi connectivity index (χ2n) is 10.0. The third-order valence-corrected chi connectivity index (χ3v) is 7.14. The van der Waals surface area contributed by atoms with Crippen LogP contribution >= 0.6 is 24.0 Å². The normalized spacial score (nSPS) is 20.6. The smallest absolute Gasteiger partial charge is 0.314 e. The largest absolute Gasteiger partial charge is 0.349 e. The summed E-state index contributed by atoms with van der Waals surface area (Å²) < 4.78 is 0. The molecule has 1 aliphatic carbocycles. The molecule has 2 aromatic rings. The molecule has 4 amide bonds. The summed E-state index contributed by atoms with van der Waals surface area (Å²) in [5, 5.41) is 8.53. The minimum atomic E-state index is -0.891. The first-order valence-corrected chi connectivity index (χ1v) is 12.9. The van der Waals surface area contributed by atoms with Gasteiger partial charge in [0.25, 0.3) is 5.91 Å². The van der Waals surface area contributed by atoms with Gasteiger partial charge in [-0.25, -0.2) is 9.97 Å². The number of carbonyl (C=O) groups excluding carboxylic acids is 4. The first-order chi connectivity index (χ1) is 18.1. The molecule has 1 saturated carbocycles. The first-order valence-electron chi connectivity index (χ1n) is 12.5. The number of hydrogen-bond donors (Lipinski definition) is 3. The maximum Gasteiger partial charge on any atom is 0.314 e. The van der Waals surface area contributed by atoms with E-state index in [0.29, 0.717) is 24.3 Å². The highest BCUT2D eigenvalue weighted by atomic mass is 35.5. The summed E-state index contributed by atoms with van der Waals surface area (Å²) in [4.78, 5) is 63.4. The number of likely N-dealkylation sites (N-methyl/N-ethyl adjacent to an activating group) is 1. The molecule has 13 heteroatoms. The van der Waals surface area contributed by atoms with Crippen molar-refractivity contribution in [2.24, 2.45) is 5.92 Å². The van der Waals surface area contributed by atoms with Crippen molar-refractivity contribution in [2.45, 2.75) is 44.3 Å². The van der Waals surface area contributed by atoms with Crippen LogP contribution in [0.25, 0.3) is 0 Å². The van der Waals surface area contributed by atoms with Gasteiger partial charge in [0.1, 0.15) is 11.5 Å². The van der Waals surface area contributed by atoms with E-state index in [9.17, 15) is 19.2 Å². The van der Waals surface area contributed by atoms with Gasteiger partial charge in [-0.3, -0.25) is 19.2 Å². The minimum absolute atomic E-state index is 0. The van der Waals surface area contributed by atoms with Crippen LogP contribution in [0.2, 0.25) is 5.02 Å². The van der Waals surface area contributed by atoms with E-state index in [1.165, 1.54) is 17.2 Å². The van der Waals surface area contributed by atoms with E-state index in [0.717, 1.165) is 30.8 Å². The van der Waals surface area contributed by atoms with Gasteiger partial charge in [-0.1, -0.05) is 17.7 Å². The number of pyridine rings is 2. The zero-order valence-corrected chi connectivity index (χ0v) is 23.6. The van der Waals surface area contributed by atoms with Gasteiger partial charge in [0, 0.05) is 57.5 Å². The molecule has 0 bridgehead atoms. The second-order valence-corrected chi connectivity index (χ2v) is 10.4. The second kappa shape index (κ2) is 13.2. The topological polar surface area (TPSA) is 137 Å². The van der Waals surface area contributed by atoms with Gasteiger partial charge in [-0.15, -0.1) is 12.4 Å². The Morgan fingerprint density at radius 1 is 1.03 bits per heavy atom. The first kappa shape index (κ1) is 30.3. The monoisotopic (exact) mass is 577 g/mol. The molecule has 1 fully saturated rings. The van der Waals surface area contributed by atoms with E-state index in [4.69, 9.17) is 11.6 Å². The fourth-order valence-corrected chi connectivity index (χ4v) is 4.99. The molecule has 0 saturated heterocycles. The number of nitrogens with zero attached hydrogens (tertiary/aromatic N) is 4. The molecule has 2 aromatic heterocycles. The van der Waals surface area contributed by atoms with E-state index in [1.54, 1.807) is 26.2 Å². The molecule has 210 valence electrons. The van der Waals surface area contributed by atoms with Crippen molar-refractivity contribution in [3.63, 3.8) is 0 Å². The molecule has 11 nitrogen and oxygen atoms in total. The summed E-state index contributed by atoms with van der Waals surface area (Å²) in [6, 6.07) is 5.52. The molecule has 0 radical (unpaired) electrons. The number of hydrogen-bond acceptors (Lipinski definition) is 7. The van der Waals surface area contributed by atoms with Crippen LogP contribution in [0.1, 0.15) is 41.0 Å². The van der Waals surface area contributed by atoms with Crippen LogP contribution in [0.4, 0.5) is 5.82 Å². The Morgan fingerprint density at radius 3 is 2.49 bits per heavy atom. The molecule has 39 heavy (non-hydrogen) atoms. The number of halogens is 2. The molecule has 3 atom stereocenters. The highest BCUT2D eigenvalue weighted by molar-refractivity contribution is 6.39. The minimum Gasteiger partial charge on any atom is -0.349 e. The van der Waals surface area contributed by atoms with Crippen LogP contribution in [-0.2, 0) is 27.3 Å². The van der Waals surface area contributed by atoms with Crippen molar-refractivity contribution in [3.05, 3.63) is 52.4 Å². The van der Waals surface area contributed by atoms with Crippen molar-refractivity contribution < 1.29 is 19.2 Å². The summed E-state index contributed by atoms with van der Waals surface area (Å²) in [5.41, 5.74) is 2.28. The summed E-state index contributed by atoms with van der Waals surface area (Å²) in [6.45, 7) is 1.65. The van der Waals surface area contributed by atoms with E-state index >= 15 is 0 Å². The third-order valence-electron chi connectivity index (χ3n) is 6.92. The SMILES string of the molecule is CN1CCc2nc(C(=O)N[C@@H]3C[C@@H](C(=O)N(C)C)CC[C@@H]3NC(=O)C(=O)Nc3ccc(Cl)cn3)ccc2C1.Cl. The Labute approximate surface area is 238 Å². The van der Waals surface area contributed by atoms with Gasteiger partial charge in [-0.05, 0) is 50.1 Å². The number of rotatable bonds is 5. The van der Waals surface area contributed by atoms with Crippen molar-refractivity contribution in [1.29, 1.82) is 0 Å². The van der Waals surface area contributed by atoms with Crippen molar-refractivity contribution >= 4 is 53.5 Å². The van der Waals surface area contributed by atoms with E-state index < -0.39 is 23.9 Å². The Hall–Kier alpha value is -3.28. The molecular formula is C26H33Cl2N7O4. The predicted octanol–water partition coefficient (Wildman–Crippen LogP) is 1.65. The molecule has 3 heterocycles. The van der Waals surface area contributed by atoms with Crippen molar-refractivity contribution in [3.8, 4) is 0 Å². The van der Waals surface area contributed by atoms with Crippen LogP contribution in [0.5, 0.6) is 0 Å². The highest BCUT2D eigenvalue weighted by Crippen LogP contribution is 2.27. The number of carbonyl (C=O) groups is 4. The van der Waals surface area contributed by atoms with Crippen LogP contribution in [0.15, 0.2) is 30.5 Å². The Morgan fingerprint density at radius 2 is 1.79 bits per heavy atom. The average Bonchev–Trinajstić information content (AvgIpc) is 2.89. The van der Waals surface area contributed by atoms with Crippen LogP contribution in [-0.4, -0.2) is 83.2 Å². The highest BCUT2D eigenvalue weighted by Gasteiger charge is 2.37. The quantitative estimate of drug-likeness (QED) is 0.459. The number of amides is 4. The Balaban J connectivity index is 0.00000420. The summed E-state index contributed by atoms with van der Waals surface area (Å²) >= 11 is 5.81. The molecule has 2 aliphatic rings. The standard InChI is InChI=1S/C26H32ClN7O4.ClH/c1-33(2)26(38)15-4-7-19(30-24(36)25(37)32-22-9-6-17(27)13-28-22)21(12-15)31-23(35)20-8-5-16-14-34(3)11-10-18(16)29-20;/h5-6,8-9,13,15,19,21H,4,7,10-12,14H2,1-3H3,(H,30,36)(H,31,35)(H,28,32,37);1H/t15-,19-,21+;/m0./s1. The van der Waals surface area contributed by atoms with Gasteiger partial charge in [0.2, 0.25) is 5.91 Å². The summed E-state index contributed by atoms with van der Waals surface area (Å²) in [6.07, 6.45) is 3.36. The molecule has 1 aliphatic heterocycles. The van der Waals surface area contributed by atoms with Crippen molar-refractivity contribution in [1.82, 2.24) is 30.4 Å². The number of nitrogens with one attached hydrogen (secondary N) is 3. The van der Waals surface area contributed by atoms with E-state index in [2.05, 4.69) is 30.8 Å². The summed E-state index contributed by atoms with van der Waals surface area (Å²) in [7, 11) is 5.42. The van der Waals surface area contributed by atoms with Crippen LogP contribution in [0, 0.1) is 5.92 Å². The molecule has 0 unspecified atom stereocenters. The molecular weight excluding hydrogens is 545 g/mol. The van der Waals surface area contributed by atoms with E-state index in [1.807, 2.05) is 13.1 Å². The van der Waals surface area contributed by atoms with Crippen molar-refractivity contribution in [2.75, 3.05) is 33.0 Å². The Kier molecular flexibility index (Phi) is 10.2. The fraction of sp³-hybridized carbons (Fsp3) is 0.462. The molecule has 4 rings (SSSR count). The van der Waals surface area contributed by atoms with Gasteiger partial charge in [-0.2, -0.15) is 0 Å². The fourth-order valence-electron chi connectivity index (χ4n) is 4.88. The number of anilines is 1. The molecule has 3 N–H and O–H groups in total. The zero-order valence-electron chi connectivity index (χ0n) is 22.1. The average molecular weight is 579 g/mol. The van der Waals surface area contributed by atoms with Crippen LogP contribution < -0.4 is 16.0 Å². The van der Waals surface area contributed by atoms with Gasteiger partial charge < -0.3 is 25.8 Å². The summed E-state index contributed by atoms with van der Waals surface area (Å²) in [5.74, 6) is -2.32. The molecule has 0 aromatic carbocycles. The lowest BCUT2D eigenvalue weighted by molar-refractivity contribution is -0.137. The lowest BCUT2D eigenvalue weighted by Gasteiger charge is -2.37. The lowest BCUT2D eigenvalue weighted by Crippen LogP contribution is -2.57. The maximum atomic E-state index is 13.2. The maximum absolute atomic E-state index is 13.2. The third kappa shape index (κ3) is 7.65. The predicted molar refractivity (Wildman–Crippen MR) is 149 cm³/mol. The van der Waals surface area contributed by atoms with Gasteiger partial charge in [0.05, 0.1) is 11.1 Å². The van der Waals surface area contributed by atoms with Gasteiger partial charge >= 0.3 is 11.8 Å². The van der Waals surface area contributed by atoms with Gasteiger partial charge in [0.15, 0.2) is 0 Å². The Bertz CT molecular complexity index is 1230. The molecule has 0 spiro atoms. The zero-order chi connectivity index (χ0) is 27.4. The lowest BCUT2D eigenvalue weighted by atomic mass is 9.81.